The van der Waals surface area contributed by atoms with Gasteiger partial charge >= 0.3 is 6.18 Å². The lowest BCUT2D eigenvalue weighted by Gasteiger charge is -2.14. The highest BCUT2D eigenvalue weighted by Crippen LogP contribution is 2.31. The number of aliphatic hydroxyl groups is 1. The number of nitrogens with one attached hydrogen (secondary N) is 1. The van der Waals surface area contributed by atoms with Crippen molar-refractivity contribution in [2.24, 2.45) is 0 Å². The molecule has 0 aliphatic heterocycles. The van der Waals surface area contributed by atoms with E-state index in [1.165, 1.54) is 12.1 Å². The molecule has 32 heavy (non-hydrogen) atoms. The fraction of sp³-hybridized carbons (Fsp3) is 0.318. The van der Waals surface area contributed by atoms with Gasteiger partial charge in [-0.1, -0.05) is 24.3 Å². The topological polar surface area (TPSA) is 97.5 Å². The summed E-state index contributed by atoms with van der Waals surface area (Å²) in [5.74, 6) is 0.533. The van der Waals surface area contributed by atoms with Crippen molar-refractivity contribution < 1.29 is 32.2 Å². The van der Waals surface area contributed by atoms with Gasteiger partial charge in [0, 0.05) is 24.9 Å². The molecule has 0 fully saturated rings. The fourth-order valence-corrected chi connectivity index (χ4v) is 2.79. The van der Waals surface area contributed by atoms with Crippen molar-refractivity contribution in [3.8, 4) is 17.2 Å². The first-order chi connectivity index (χ1) is 15.3. The number of amides is 1. The van der Waals surface area contributed by atoms with Crippen LogP contribution in [-0.4, -0.2) is 40.5 Å². The van der Waals surface area contributed by atoms with Crippen LogP contribution in [0.25, 0.3) is 11.5 Å². The zero-order valence-corrected chi connectivity index (χ0v) is 17.0. The normalized spacial score (nSPS) is 12.4. The van der Waals surface area contributed by atoms with Crippen LogP contribution in [-0.2, 0) is 17.4 Å². The molecule has 170 valence electrons. The van der Waals surface area contributed by atoms with Crippen LogP contribution in [0, 0.1) is 0 Å². The number of hydrogen-bond acceptors (Lipinski definition) is 6. The second-order valence-electron chi connectivity index (χ2n) is 7.02. The molecule has 0 aliphatic carbocycles. The zero-order valence-electron chi connectivity index (χ0n) is 17.0. The van der Waals surface area contributed by atoms with Crippen LogP contribution >= 0.6 is 0 Å². The number of aromatic nitrogens is 2. The van der Waals surface area contributed by atoms with Crippen LogP contribution in [0.2, 0.25) is 0 Å². The van der Waals surface area contributed by atoms with Crippen molar-refractivity contribution in [1.29, 1.82) is 0 Å². The third kappa shape index (κ3) is 7.09. The van der Waals surface area contributed by atoms with Crippen molar-refractivity contribution in [3.05, 3.63) is 66.1 Å². The fourth-order valence-electron chi connectivity index (χ4n) is 2.79. The van der Waals surface area contributed by atoms with Gasteiger partial charge in [-0.05, 0) is 36.8 Å². The quantitative estimate of drug-likeness (QED) is 0.491. The molecule has 1 aromatic heterocycles. The zero-order chi connectivity index (χ0) is 23.0. The van der Waals surface area contributed by atoms with Gasteiger partial charge in [0.1, 0.15) is 18.5 Å². The summed E-state index contributed by atoms with van der Waals surface area (Å²) in [6.07, 6.45) is -4.47. The molecule has 10 heteroatoms. The Bertz CT molecular complexity index is 1010. The minimum absolute atomic E-state index is 0.0142. The van der Waals surface area contributed by atoms with Gasteiger partial charge in [-0.15, -0.1) is 10.2 Å². The first kappa shape index (κ1) is 23.3. The summed E-state index contributed by atoms with van der Waals surface area (Å²) in [6.45, 7) is -0.345. The Kier molecular flexibility index (Phi) is 7.82. The number of carbonyl (C=O) groups excluding carboxylic acids is 1. The summed E-state index contributed by atoms with van der Waals surface area (Å²) in [6, 6.07) is 13.7. The van der Waals surface area contributed by atoms with Crippen LogP contribution < -0.4 is 10.1 Å². The number of carbonyl (C=O) groups is 1. The lowest BCUT2D eigenvalue weighted by Crippen LogP contribution is -2.35. The number of aliphatic hydroxyl groups excluding tert-OH is 1. The molecule has 1 amide bonds. The molecule has 0 bridgehead atoms. The molecule has 0 saturated heterocycles. The molecular weight excluding hydrogens is 427 g/mol. The van der Waals surface area contributed by atoms with Gasteiger partial charge in [0.2, 0.25) is 17.7 Å². The van der Waals surface area contributed by atoms with E-state index in [2.05, 4.69) is 15.5 Å². The number of ether oxygens (including phenoxy) is 1. The Morgan fingerprint density at radius 3 is 2.66 bits per heavy atom. The standard InChI is InChI=1S/C22H22F3N3O4/c23-22(24,25)16-8-4-9-18(12-16)31-14-17(29)13-26-19(30)10-5-11-20-27-28-21(32-20)15-6-2-1-3-7-15/h1-4,6-9,12,17,29H,5,10-11,13-14H2,(H,26,30). The third-order valence-electron chi connectivity index (χ3n) is 4.42. The molecule has 3 rings (SSSR count). The highest BCUT2D eigenvalue weighted by Gasteiger charge is 2.30. The molecule has 7 nitrogen and oxygen atoms in total. The third-order valence-corrected chi connectivity index (χ3v) is 4.42. The van der Waals surface area contributed by atoms with Crippen LogP contribution in [0.3, 0.4) is 0 Å². The van der Waals surface area contributed by atoms with E-state index in [1.54, 1.807) is 0 Å². The summed E-state index contributed by atoms with van der Waals surface area (Å²) in [5.41, 5.74) is -0.0275. The van der Waals surface area contributed by atoms with Crippen molar-refractivity contribution in [3.63, 3.8) is 0 Å². The second-order valence-corrected chi connectivity index (χ2v) is 7.02. The Labute approximate surface area is 182 Å². The predicted octanol–water partition coefficient (Wildman–Crippen LogP) is 3.63. The van der Waals surface area contributed by atoms with Crippen LogP contribution in [0.15, 0.2) is 59.0 Å². The first-order valence-corrected chi connectivity index (χ1v) is 9.94. The van der Waals surface area contributed by atoms with E-state index in [4.69, 9.17) is 9.15 Å². The van der Waals surface area contributed by atoms with Gasteiger partial charge in [0.05, 0.1) is 5.56 Å². The average molecular weight is 449 g/mol. The average Bonchev–Trinajstić information content (AvgIpc) is 3.25. The molecule has 0 radical (unpaired) electrons. The number of aryl methyl sites for hydroxylation is 1. The predicted molar refractivity (Wildman–Crippen MR) is 109 cm³/mol. The van der Waals surface area contributed by atoms with Gasteiger partial charge in [0.25, 0.3) is 0 Å². The van der Waals surface area contributed by atoms with E-state index in [0.29, 0.717) is 24.6 Å². The molecule has 3 aromatic rings. The molecule has 2 N–H and O–H groups in total. The van der Waals surface area contributed by atoms with E-state index in [9.17, 15) is 23.1 Å². The number of halogens is 3. The maximum absolute atomic E-state index is 12.7. The van der Waals surface area contributed by atoms with Crippen LogP contribution in [0.5, 0.6) is 5.75 Å². The van der Waals surface area contributed by atoms with Gasteiger partial charge in [-0.3, -0.25) is 4.79 Å². The van der Waals surface area contributed by atoms with E-state index < -0.39 is 17.8 Å². The number of hydrogen-bond donors (Lipinski definition) is 2. The summed E-state index contributed by atoms with van der Waals surface area (Å²) in [7, 11) is 0. The van der Waals surface area contributed by atoms with E-state index >= 15 is 0 Å². The van der Waals surface area contributed by atoms with Gasteiger partial charge in [0.15, 0.2) is 0 Å². The Morgan fingerprint density at radius 2 is 1.91 bits per heavy atom. The molecule has 0 saturated carbocycles. The SMILES string of the molecule is O=C(CCCc1nnc(-c2ccccc2)o1)NCC(O)COc1cccc(C(F)(F)F)c1. The molecule has 1 unspecified atom stereocenters. The van der Waals surface area contributed by atoms with Crippen LogP contribution in [0.1, 0.15) is 24.3 Å². The highest BCUT2D eigenvalue weighted by atomic mass is 19.4. The smallest absolute Gasteiger partial charge is 0.416 e. The minimum Gasteiger partial charge on any atom is -0.491 e. The Morgan fingerprint density at radius 1 is 1.12 bits per heavy atom. The van der Waals surface area contributed by atoms with Gasteiger partial charge < -0.3 is 19.6 Å². The Hall–Kier alpha value is -3.40. The van der Waals surface area contributed by atoms with E-state index in [-0.39, 0.29) is 31.2 Å². The summed E-state index contributed by atoms with van der Waals surface area (Å²) in [4.78, 5) is 11.9. The summed E-state index contributed by atoms with van der Waals surface area (Å²) in [5, 5.41) is 20.4. The lowest BCUT2D eigenvalue weighted by atomic mass is 10.2. The monoisotopic (exact) mass is 449 g/mol. The first-order valence-electron chi connectivity index (χ1n) is 9.94. The maximum Gasteiger partial charge on any atom is 0.416 e. The number of rotatable bonds is 10. The van der Waals surface area contributed by atoms with Crippen molar-refractivity contribution in [2.45, 2.75) is 31.5 Å². The van der Waals surface area contributed by atoms with Gasteiger partial charge in [-0.2, -0.15) is 13.2 Å². The molecule has 0 aliphatic rings. The molecule has 2 aromatic carbocycles. The maximum atomic E-state index is 12.7. The molecular formula is C22H22F3N3O4. The van der Waals surface area contributed by atoms with Crippen LogP contribution in [0.4, 0.5) is 13.2 Å². The highest BCUT2D eigenvalue weighted by molar-refractivity contribution is 5.75. The van der Waals surface area contributed by atoms with E-state index in [0.717, 1.165) is 17.7 Å². The van der Waals surface area contributed by atoms with E-state index in [1.807, 2.05) is 30.3 Å². The largest absolute Gasteiger partial charge is 0.491 e. The van der Waals surface area contributed by atoms with Gasteiger partial charge in [-0.25, -0.2) is 0 Å². The molecule has 0 spiro atoms. The van der Waals surface area contributed by atoms with Crippen molar-refractivity contribution in [1.82, 2.24) is 15.5 Å². The van der Waals surface area contributed by atoms with Crippen molar-refractivity contribution >= 4 is 5.91 Å². The number of alkyl halides is 3. The second kappa shape index (κ2) is 10.8. The summed E-state index contributed by atoms with van der Waals surface area (Å²) >= 11 is 0. The summed E-state index contributed by atoms with van der Waals surface area (Å²) < 4.78 is 48.9. The minimum atomic E-state index is -4.48. The number of benzene rings is 2. The number of nitrogens with zero attached hydrogens (tertiary/aromatic N) is 2. The Balaban J connectivity index is 1.34. The molecule has 1 heterocycles. The lowest BCUT2D eigenvalue weighted by molar-refractivity contribution is -0.137. The molecule has 1 atom stereocenters. The van der Waals surface area contributed by atoms with Crippen molar-refractivity contribution in [2.75, 3.05) is 13.2 Å².